The lowest BCUT2D eigenvalue weighted by molar-refractivity contribution is 0.660. The number of para-hydroxylation sites is 2. The Balaban J connectivity index is 0.891. The Morgan fingerprint density at radius 3 is 1.77 bits per heavy atom. The zero-order valence-corrected chi connectivity index (χ0v) is 35.2. The molecule has 0 bridgehead atoms. The molecule has 0 saturated carbocycles. The molecule has 0 fully saturated rings. The number of allylic oxidation sites excluding steroid dienone is 4. The number of rotatable bonds is 8. The maximum Gasteiger partial charge on any atom is 0.0465 e. The van der Waals surface area contributed by atoms with Crippen LogP contribution in [0.15, 0.2) is 212 Å². The lowest BCUT2D eigenvalue weighted by Crippen LogP contribution is -2.16. The van der Waals surface area contributed by atoms with E-state index in [1.54, 1.807) is 0 Å². The summed E-state index contributed by atoms with van der Waals surface area (Å²) in [6.07, 6.45) is 13.7. The second-order valence-corrected chi connectivity index (χ2v) is 17.2. The van der Waals surface area contributed by atoms with Crippen molar-refractivity contribution in [3.63, 3.8) is 0 Å². The van der Waals surface area contributed by atoms with Gasteiger partial charge in [-0.3, -0.25) is 0 Å². The smallest absolute Gasteiger partial charge is 0.0465 e. The summed E-state index contributed by atoms with van der Waals surface area (Å²) >= 11 is 0. The minimum Gasteiger partial charge on any atom is -0.310 e. The van der Waals surface area contributed by atoms with E-state index < -0.39 is 0 Å². The van der Waals surface area contributed by atoms with Gasteiger partial charge in [-0.15, -0.1) is 0 Å². The van der Waals surface area contributed by atoms with Crippen LogP contribution in [0.3, 0.4) is 0 Å². The van der Waals surface area contributed by atoms with Crippen molar-refractivity contribution in [3.8, 4) is 33.4 Å². The first-order valence-electron chi connectivity index (χ1n) is 21.9. The highest BCUT2D eigenvalue weighted by Gasteiger charge is 2.36. The number of nitrogens with zero attached hydrogens (tertiary/aromatic N) is 1. The number of hydrogen-bond donors (Lipinski definition) is 0. The van der Waals surface area contributed by atoms with Crippen molar-refractivity contribution < 1.29 is 0 Å². The topological polar surface area (TPSA) is 3.24 Å². The Morgan fingerprint density at radius 1 is 0.435 bits per heavy atom. The molecule has 0 aromatic heterocycles. The van der Waals surface area contributed by atoms with Gasteiger partial charge < -0.3 is 4.90 Å². The molecule has 0 aliphatic heterocycles. The molecule has 0 spiro atoms. The van der Waals surface area contributed by atoms with Crippen LogP contribution >= 0.6 is 0 Å². The molecule has 1 heteroatoms. The first-order valence-corrected chi connectivity index (χ1v) is 21.9. The van der Waals surface area contributed by atoms with E-state index in [1.807, 2.05) is 0 Å². The summed E-state index contributed by atoms with van der Waals surface area (Å²) in [6, 6.07) is 71.3. The van der Waals surface area contributed by atoms with Crippen molar-refractivity contribution in [2.75, 3.05) is 4.90 Å². The van der Waals surface area contributed by atoms with Crippen molar-refractivity contribution in [1.82, 2.24) is 0 Å². The van der Waals surface area contributed by atoms with Crippen LogP contribution in [0.4, 0.5) is 17.1 Å². The van der Waals surface area contributed by atoms with Gasteiger partial charge in [0.15, 0.2) is 0 Å². The molecule has 62 heavy (non-hydrogen) atoms. The highest BCUT2D eigenvalue weighted by molar-refractivity contribution is 6.11. The fourth-order valence-corrected chi connectivity index (χ4v) is 9.89. The molecule has 0 saturated heterocycles. The van der Waals surface area contributed by atoms with E-state index in [9.17, 15) is 0 Å². The third-order valence-electron chi connectivity index (χ3n) is 13.0. The third kappa shape index (κ3) is 6.67. The highest BCUT2D eigenvalue weighted by atomic mass is 15.1. The van der Waals surface area contributed by atoms with E-state index in [4.69, 9.17) is 0 Å². The predicted molar refractivity (Wildman–Crippen MR) is 266 cm³/mol. The third-order valence-corrected chi connectivity index (χ3v) is 13.0. The molecular weight excluding hydrogens is 747 g/mol. The van der Waals surface area contributed by atoms with E-state index in [-0.39, 0.29) is 5.41 Å². The van der Waals surface area contributed by atoms with Crippen molar-refractivity contribution in [2.24, 2.45) is 0 Å². The Bertz CT molecular complexity index is 3200. The molecule has 2 aliphatic carbocycles. The summed E-state index contributed by atoms with van der Waals surface area (Å²) in [5.74, 6) is 0. The van der Waals surface area contributed by atoms with Crippen LogP contribution in [0.25, 0.3) is 72.7 Å². The lowest BCUT2D eigenvalue weighted by atomic mass is 9.81. The average Bonchev–Trinajstić information content (AvgIpc) is 3.56. The number of anilines is 3. The second kappa shape index (κ2) is 15.5. The van der Waals surface area contributed by atoms with Gasteiger partial charge in [-0.05, 0) is 150 Å². The molecule has 296 valence electrons. The van der Waals surface area contributed by atoms with E-state index in [1.165, 1.54) is 94.0 Å². The zero-order chi connectivity index (χ0) is 41.6. The fraction of sp³-hybridized carbons (Fsp3) is 0.0820. The van der Waals surface area contributed by atoms with Crippen molar-refractivity contribution >= 4 is 56.3 Å². The first-order chi connectivity index (χ1) is 30.5. The van der Waals surface area contributed by atoms with Crippen LogP contribution in [0.5, 0.6) is 0 Å². The van der Waals surface area contributed by atoms with Crippen LogP contribution in [-0.2, 0) is 5.41 Å². The van der Waals surface area contributed by atoms with Crippen LogP contribution in [0.1, 0.15) is 54.5 Å². The Kier molecular flexibility index (Phi) is 9.39. The second-order valence-electron chi connectivity index (χ2n) is 17.2. The molecular formula is C61H47N. The molecule has 0 N–H and O–H groups in total. The molecule has 0 heterocycles. The van der Waals surface area contributed by atoms with Crippen LogP contribution in [0, 0.1) is 0 Å². The Morgan fingerprint density at radius 2 is 1.05 bits per heavy atom. The maximum atomic E-state index is 2.40. The molecule has 0 radical (unpaired) electrons. The quantitative estimate of drug-likeness (QED) is 0.139. The van der Waals surface area contributed by atoms with E-state index in [0.717, 1.165) is 24.2 Å². The van der Waals surface area contributed by atoms with Gasteiger partial charge in [0.2, 0.25) is 0 Å². The Labute approximate surface area is 365 Å². The minimum atomic E-state index is -0.150. The minimum absolute atomic E-state index is 0.150. The average molecular weight is 794 g/mol. The van der Waals surface area contributed by atoms with Crippen molar-refractivity contribution in [1.29, 1.82) is 0 Å². The highest BCUT2D eigenvalue weighted by Crippen LogP contribution is 2.51. The summed E-state index contributed by atoms with van der Waals surface area (Å²) in [7, 11) is 0. The molecule has 1 nitrogen and oxygen atoms in total. The lowest BCUT2D eigenvalue weighted by Gasteiger charge is -2.28. The molecule has 11 rings (SSSR count). The normalized spacial score (nSPS) is 13.9. The molecule has 9 aromatic carbocycles. The van der Waals surface area contributed by atoms with Gasteiger partial charge >= 0.3 is 0 Å². The van der Waals surface area contributed by atoms with Gasteiger partial charge in [-0.1, -0.05) is 190 Å². The monoisotopic (exact) mass is 793 g/mol. The van der Waals surface area contributed by atoms with Gasteiger partial charge in [0, 0.05) is 22.5 Å². The maximum absolute atomic E-state index is 2.40. The van der Waals surface area contributed by atoms with Crippen LogP contribution in [0.2, 0.25) is 0 Å². The Hall–Kier alpha value is -7.48. The van der Waals surface area contributed by atoms with Gasteiger partial charge in [0.1, 0.15) is 0 Å². The summed E-state index contributed by atoms with van der Waals surface area (Å²) in [5.41, 5.74) is 18.7. The van der Waals surface area contributed by atoms with Crippen molar-refractivity contribution in [3.05, 3.63) is 240 Å². The van der Waals surface area contributed by atoms with E-state index in [0.29, 0.717) is 0 Å². The molecule has 0 unspecified atom stereocenters. The van der Waals surface area contributed by atoms with Crippen LogP contribution < -0.4 is 4.90 Å². The van der Waals surface area contributed by atoms with Crippen molar-refractivity contribution in [2.45, 2.75) is 32.1 Å². The van der Waals surface area contributed by atoms with Gasteiger partial charge in [-0.2, -0.15) is 0 Å². The summed E-state index contributed by atoms with van der Waals surface area (Å²) in [6.45, 7) is 4.74. The van der Waals surface area contributed by atoms with Crippen LogP contribution in [-0.4, -0.2) is 0 Å². The predicted octanol–water partition coefficient (Wildman–Crippen LogP) is 17.0. The molecule has 0 amide bonds. The van der Waals surface area contributed by atoms with E-state index >= 15 is 0 Å². The largest absolute Gasteiger partial charge is 0.310 e. The molecule has 2 aliphatic rings. The van der Waals surface area contributed by atoms with E-state index in [2.05, 4.69) is 243 Å². The molecule has 0 atom stereocenters. The van der Waals surface area contributed by atoms with Gasteiger partial charge in [0.05, 0.1) is 0 Å². The number of benzene rings is 9. The van der Waals surface area contributed by atoms with Gasteiger partial charge in [-0.25, -0.2) is 0 Å². The standard InChI is InChI=1S/C61H47N/c1-61(2)58-39-43(29-34-55(58)56-35-33-51(41-59(56)61)62(49-20-11-5-12-21-49)50-22-13-6-14-23-50)27-26-42-28-30-47-40-48(32-31-46(47)38-42)52-36-37-54(45-18-9-4-10-19-45)60-53(24-15-25-57(52)60)44-16-7-3-8-17-44/h4-7,9-41H,3,8H2,1-2H3/b27-26+. The summed E-state index contributed by atoms with van der Waals surface area (Å²) in [4.78, 5) is 2.35. The zero-order valence-electron chi connectivity index (χ0n) is 35.2. The SMILES string of the molecule is CC1(C)c2cc(/C=C/c3ccc4cc(-c5ccc(-c6ccccc6)c6c(C7=CCCC=C7)cccc56)ccc4c3)ccc2-c2ccc(N(c3ccccc3)c3ccccc3)cc21. The number of fused-ring (bicyclic) bond motifs is 5. The summed E-state index contributed by atoms with van der Waals surface area (Å²) in [5, 5.41) is 5.07. The van der Waals surface area contributed by atoms with Gasteiger partial charge in [0.25, 0.3) is 0 Å². The fourth-order valence-electron chi connectivity index (χ4n) is 9.89. The number of hydrogen-bond acceptors (Lipinski definition) is 1. The molecule has 9 aromatic rings. The first kappa shape index (κ1) is 37.5. The summed E-state index contributed by atoms with van der Waals surface area (Å²) < 4.78 is 0.